The van der Waals surface area contributed by atoms with Gasteiger partial charge >= 0.3 is 5.97 Å². The Hall–Kier alpha value is -2.18. The fourth-order valence-corrected chi connectivity index (χ4v) is 5.11. The summed E-state index contributed by atoms with van der Waals surface area (Å²) in [5, 5.41) is 13.4. The van der Waals surface area contributed by atoms with Gasteiger partial charge in [-0.15, -0.1) is 0 Å². The van der Waals surface area contributed by atoms with Crippen molar-refractivity contribution in [2.24, 2.45) is 5.92 Å². The number of carbonyl (C=O) groups is 1. The molecule has 27 heavy (non-hydrogen) atoms. The van der Waals surface area contributed by atoms with Crippen LogP contribution in [0.1, 0.15) is 39.9 Å². The Labute approximate surface area is 169 Å². The fourth-order valence-electron chi connectivity index (χ4n) is 4.26. The van der Waals surface area contributed by atoms with Crippen LogP contribution in [0, 0.1) is 5.92 Å². The third-order valence-electron chi connectivity index (χ3n) is 5.49. The highest BCUT2D eigenvalue weighted by Gasteiger charge is 2.40. The van der Waals surface area contributed by atoms with Crippen molar-refractivity contribution in [2.75, 3.05) is 12.1 Å². The molecular weight excluding hydrogens is 434 g/mol. The summed E-state index contributed by atoms with van der Waals surface area (Å²) in [6.07, 6.45) is 5.21. The Morgan fingerprint density at radius 2 is 1.96 bits per heavy atom. The molecule has 138 valence electrons. The molecule has 2 aromatic carbocycles. The number of rotatable bonds is 2. The van der Waals surface area contributed by atoms with E-state index in [4.69, 9.17) is 21.1 Å². The summed E-state index contributed by atoms with van der Waals surface area (Å²) < 4.78 is 12.0. The lowest BCUT2D eigenvalue weighted by molar-refractivity contribution is 0.0696. The van der Waals surface area contributed by atoms with Gasteiger partial charge in [0.1, 0.15) is 0 Å². The van der Waals surface area contributed by atoms with Crippen LogP contribution in [0.25, 0.3) is 0 Å². The molecule has 0 aromatic heterocycles. The average molecular weight is 449 g/mol. The van der Waals surface area contributed by atoms with Crippen LogP contribution in [0.5, 0.6) is 11.5 Å². The van der Waals surface area contributed by atoms with Gasteiger partial charge in [0, 0.05) is 10.4 Å². The largest absolute Gasteiger partial charge is 0.478 e. The summed E-state index contributed by atoms with van der Waals surface area (Å²) in [6.45, 7) is 0.226. The second-order valence-corrected chi connectivity index (χ2v) is 8.19. The molecular formula is C20H15BrClNO4. The van der Waals surface area contributed by atoms with Crippen LogP contribution in [-0.2, 0) is 0 Å². The van der Waals surface area contributed by atoms with Crippen molar-refractivity contribution in [3.8, 4) is 11.5 Å². The maximum absolute atomic E-state index is 11.4. The van der Waals surface area contributed by atoms with Gasteiger partial charge in [-0.1, -0.05) is 39.7 Å². The standard InChI is InChI=1S/C20H15BrClNO4/c21-14-7-17-16(26-8-27-17)6-13(14)18-11-3-1-2-10(11)12-4-9(20(24)25)5-15(22)19(12)23-18/h1-2,4-7,10-11,18,23H,3,8H2,(H,24,25)/t10-,11+,18-/m1/s1. The van der Waals surface area contributed by atoms with Crippen LogP contribution >= 0.6 is 27.5 Å². The number of carboxylic acid groups (broad SMARTS) is 1. The SMILES string of the molecule is O=C(O)c1cc(Cl)c2c(c1)[C@@H]1C=CC[C@@H]1[C@H](c1cc3c(cc1Br)OCO3)N2. The summed E-state index contributed by atoms with van der Waals surface area (Å²) in [4.78, 5) is 11.4. The molecule has 5 nitrogen and oxygen atoms in total. The number of hydrogen-bond acceptors (Lipinski definition) is 4. The first kappa shape index (κ1) is 17.0. The molecule has 3 aliphatic rings. The van der Waals surface area contributed by atoms with Gasteiger partial charge in [0.15, 0.2) is 11.5 Å². The van der Waals surface area contributed by atoms with Gasteiger partial charge < -0.3 is 19.9 Å². The molecule has 2 heterocycles. The maximum atomic E-state index is 11.4. The number of aromatic carboxylic acids is 1. The van der Waals surface area contributed by atoms with Gasteiger partial charge in [0.25, 0.3) is 0 Å². The summed E-state index contributed by atoms with van der Waals surface area (Å²) in [7, 11) is 0. The van der Waals surface area contributed by atoms with Crippen LogP contribution in [-0.4, -0.2) is 17.9 Å². The van der Waals surface area contributed by atoms with Gasteiger partial charge in [-0.2, -0.15) is 0 Å². The van der Waals surface area contributed by atoms with Crippen molar-refractivity contribution in [1.29, 1.82) is 0 Å². The lowest BCUT2D eigenvalue weighted by atomic mass is 9.76. The number of ether oxygens (including phenoxy) is 2. The van der Waals surface area contributed by atoms with E-state index in [1.165, 1.54) is 6.07 Å². The monoisotopic (exact) mass is 447 g/mol. The smallest absolute Gasteiger partial charge is 0.335 e. The predicted molar refractivity (Wildman–Crippen MR) is 105 cm³/mol. The number of allylic oxidation sites excluding steroid dienone is 2. The van der Waals surface area contributed by atoms with E-state index in [1.54, 1.807) is 6.07 Å². The van der Waals surface area contributed by atoms with Crippen molar-refractivity contribution in [3.63, 3.8) is 0 Å². The van der Waals surface area contributed by atoms with Crippen molar-refractivity contribution in [1.82, 2.24) is 0 Å². The van der Waals surface area contributed by atoms with Gasteiger partial charge in [-0.05, 0) is 47.7 Å². The Kier molecular flexibility index (Phi) is 3.88. The van der Waals surface area contributed by atoms with E-state index in [1.807, 2.05) is 12.1 Å². The summed E-state index contributed by atoms with van der Waals surface area (Å²) in [5.41, 5.74) is 3.01. The van der Waals surface area contributed by atoms with Crippen molar-refractivity contribution in [2.45, 2.75) is 18.4 Å². The number of carboxylic acids is 1. The number of fused-ring (bicyclic) bond motifs is 4. The van der Waals surface area contributed by atoms with E-state index < -0.39 is 5.97 Å². The van der Waals surface area contributed by atoms with E-state index >= 15 is 0 Å². The fraction of sp³-hybridized carbons (Fsp3) is 0.250. The molecule has 0 saturated carbocycles. The number of nitrogens with one attached hydrogen (secondary N) is 1. The molecule has 0 unspecified atom stereocenters. The van der Waals surface area contributed by atoms with Crippen molar-refractivity contribution < 1.29 is 19.4 Å². The molecule has 0 fully saturated rings. The third kappa shape index (κ3) is 2.62. The van der Waals surface area contributed by atoms with E-state index in [0.29, 0.717) is 5.02 Å². The predicted octanol–water partition coefficient (Wildman–Crippen LogP) is 5.36. The minimum Gasteiger partial charge on any atom is -0.478 e. The zero-order valence-corrected chi connectivity index (χ0v) is 16.4. The zero-order valence-electron chi connectivity index (χ0n) is 14.0. The normalized spacial score (nSPS) is 24.3. The molecule has 0 spiro atoms. The molecule has 0 saturated heterocycles. The first-order valence-electron chi connectivity index (χ1n) is 8.62. The minimum atomic E-state index is -0.973. The second kappa shape index (κ2) is 6.17. The lowest BCUT2D eigenvalue weighted by Gasteiger charge is -2.38. The first-order valence-corrected chi connectivity index (χ1v) is 9.79. The highest BCUT2D eigenvalue weighted by Crippen LogP contribution is 2.53. The van der Waals surface area contributed by atoms with Crippen LogP contribution in [0.4, 0.5) is 5.69 Å². The van der Waals surface area contributed by atoms with Gasteiger partial charge in [0.05, 0.1) is 22.3 Å². The highest BCUT2D eigenvalue weighted by atomic mass is 79.9. The molecule has 3 atom stereocenters. The van der Waals surface area contributed by atoms with Crippen molar-refractivity contribution >= 4 is 39.2 Å². The van der Waals surface area contributed by atoms with Crippen LogP contribution < -0.4 is 14.8 Å². The number of anilines is 1. The molecule has 0 bridgehead atoms. The van der Waals surface area contributed by atoms with Crippen molar-refractivity contribution in [3.05, 3.63) is 62.6 Å². The molecule has 0 amide bonds. The van der Waals surface area contributed by atoms with Crippen LogP contribution in [0.3, 0.4) is 0 Å². The van der Waals surface area contributed by atoms with E-state index in [9.17, 15) is 9.90 Å². The molecule has 2 aliphatic heterocycles. The van der Waals surface area contributed by atoms with E-state index in [-0.39, 0.29) is 30.2 Å². The summed E-state index contributed by atoms with van der Waals surface area (Å²) >= 11 is 10.1. The van der Waals surface area contributed by atoms with Crippen LogP contribution in [0.15, 0.2) is 40.9 Å². The minimum absolute atomic E-state index is 0.00885. The molecule has 5 rings (SSSR count). The van der Waals surface area contributed by atoms with Crippen LogP contribution in [0.2, 0.25) is 5.02 Å². The zero-order chi connectivity index (χ0) is 18.7. The highest BCUT2D eigenvalue weighted by molar-refractivity contribution is 9.10. The van der Waals surface area contributed by atoms with Gasteiger partial charge in [-0.25, -0.2) is 4.79 Å². The molecule has 1 aliphatic carbocycles. The summed E-state index contributed by atoms with van der Waals surface area (Å²) in [5.74, 6) is 0.858. The number of halogens is 2. The molecule has 0 radical (unpaired) electrons. The third-order valence-corrected chi connectivity index (χ3v) is 6.48. The summed E-state index contributed by atoms with van der Waals surface area (Å²) in [6, 6.07) is 7.18. The number of benzene rings is 2. The van der Waals surface area contributed by atoms with E-state index in [2.05, 4.69) is 33.4 Å². The Balaban J connectivity index is 1.63. The second-order valence-electron chi connectivity index (χ2n) is 6.93. The van der Waals surface area contributed by atoms with E-state index in [0.717, 1.165) is 39.2 Å². The molecule has 2 aromatic rings. The Morgan fingerprint density at radius 3 is 2.74 bits per heavy atom. The maximum Gasteiger partial charge on any atom is 0.335 e. The Bertz CT molecular complexity index is 1010. The average Bonchev–Trinajstić information content (AvgIpc) is 3.29. The Morgan fingerprint density at radius 1 is 1.19 bits per heavy atom. The first-order chi connectivity index (χ1) is 13.0. The number of hydrogen-bond donors (Lipinski definition) is 2. The lowest BCUT2D eigenvalue weighted by Crippen LogP contribution is -2.29. The molecule has 2 N–H and O–H groups in total. The molecule has 7 heteroatoms. The van der Waals surface area contributed by atoms with Gasteiger partial charge in [0.2, 0.25) is 6.79 Å². The quantitative estimate of drug-likeness (QED) is 0.606. The topological polar surface area (TPSA) is 67.8 Å². The van der Waals surface area contributed by atoms with Gasteiger partial charge in [-0.3, -0.25) is 0 Å².